The molecule has 1 amide bonds. The molecule has 200 valence electrons. The van der Waals surface area contributed by atoms with Crippen molar-refractivity contribution in [3.63, 3.8) is 0 Å². The summed E-state index contributed by atoms with van der Waals surface area (Å²) in [6, 6.07) is 9.98. The van der Waals surface area contributed by atoms with E-state index in [-0.39, 0.29) is 41.8 Å². The third-order valence-corrected chi connectivity index (χ3v) is 6.21. The fourth-order valence-corrected chi connectivity index (χ4v) is 4.23. The van der Waals surface area contributed by atoms with Gasteiger partial charge in [0.05, 0.1) is 31.2 Å². The van der Waals surface area contributed by atoms with E-state index in [1.165, 1.54) is 43.5 Å². The van der Waals surface area contributed by atoms with E-state index in [1.807, 2.05) is 0 Å². The summed E-state index contributed by atoms with van der Waals surface area (Å²) in [7, 11) is 1.33. The molecule has 0 unspecified atom stereocenters. The van der Waals surface area contributed by atoms with Crippen LogP contribution in [0.1, 0.15) is 54.3 Å². The molecule has 0 saturated heterocycles. The van der Waals surface area contributed by atoms with E-state index in [0.717, 1.165) is 31.2 Å². The Balaban J connectivity index is 1.36. The van der Waals surface area contributed by atoms with Gasteiger partial charge >= 0.3 is 23.8 Å². The number of esters is 1. The molecule has 1 aliphatic rings. The van der Waals surface area contributed by atoms with Gasteiger partial charge in [0.2, 0.25) is 0 Å². The van der Waals surface area contributed by atoms with Gasteiger partial charge in [0.1, 0.15) is 11.5 Å². The Bertz CT molecular complexity index is 1290. The third kappa shape index (κ3) is 6.88. The van der Waals surface area contributed by atoms with Crippen LogP contribution in [0.4, 0.5) is 27.5 Å². The van der Waals surface area contributed by atoms with Gasteiger partial charge in [0, 0.05) is 11.8 Å². The van der Waals surface area contributed by atoms with Gasteiger partial charge in [-0.15, -0.1) is 5.10 Å². The molecular formula is C25H26FN5O7. The van der Waals surface area contributed by atoms with Crippen LogP contribution in [-0.2, 0) is 14.3 Å². The molecule has 3 aromatic rings. The largest absolute Gasteiger partial charge is 0.469 e. The van der Waals surface area contributed by atoms with E-state index in [0.29, 0.717) is 12.3 Å². The zero-order chi connectivity index (χ0) is 27.1. The van der Waals surface area contributed by atoms with Crippen molar-refractivity contribution in [1.29, 1.82) is 0 Å². The highest BCUT2D eigenvalue weighted by Crippen LogP contribution is 2.37. The standard InChI is InChI=1S/C25H26FN5O7/c1-36-22(32)12-13-37-19-9-2-15(3-10-19)16-4-11-20(21(14-16)31(34)35)28-23(33)24-29-30-25(38-24)27-18-7-5-17(26)6-8-18/h4-8,11,14-15,19H,2-3,9-10,12-13H2,1H3,(H,27,30)(H,28,33)/t15-,19-. The lowest BCUT2D eigenvalue weighted by Gasteiger charge is -2.28. The molecule has 0 bridgehead atoms. The molecule has 1 aliphatic carbocycles. The van der Waals surface area contributed by atoms with Crippen molar-refractivity contribution in [3.8, 4) is 0 Å². The topological polar surface area (TPSA) is 159 Å². The van der Waals surface area contributed by atoms with Crippen LogP contribution in [0, 0.1) is 15.9 Å². The molecule has 13 heteroatoms. The maximum atomic E-state index is 13.1. The first-order chi connectivity index (χ1) is 18.3. The van der Waals surface area contributed by atoms with Crippen LogP contribution in [0.2, 0.25) is 0 Å². The lowest BCUT2D eigenvalue weighted by Crippen LogP contribution is -2.22. The van der Waals surface area contributed by atoms with Gasteiger partial charge in [-0.2, -0.15) is 0 Å². The van der Waals surface area contributed by atoms with E-state index < -0.39 is 22.5 Å². The number of nitro benzene ring substituents is 1. The number of ether oxygens (including phenoxy) is 2. The van der Waals surface area contributed by atoms with Crippen LogP contribution < -0.4 is 10.6 Å². The quantitative estimate of drug-likeness (QED) is 0.215. The molecule has 2 aromatic carbocycles. The van der Waals surface area contributed by atoms with E-state index in [1.54, 1.807) is 6.07 Å². The summed E-state index contributed by atoms with van der Waals surface area (Å²) in [5, 5.41) is 24.3. The molecule has 38 heavy (non-hydrogen) atoms. The summed E-state index contributed by atoms with van der Waals surface area (Å²) < 4.78 is 28.7. The highest BCUT2D eigenvalue weighted by Gasteiger charge is 2.26. The fourth-order valence-electron chi connectivity index (χ4n) is 4.23. The Labute approximate surface area is 216 Å². The minimum atomic E-state index is -0.815. The van der Waals surface area contributed by atoms with Crippen molar-refractivity contribution in [2.75, 3.05) is 24.4 Å². The van der Waals surface area contributed by atoms with Gasteiger partial charge < -0.3 is 24.5 Å². The van der Waals surface area contributed by atoms with Crippen molar-refractivity contribution < 1.29 is 32.8 Å². The van der Waals surface area contributed by atoms with E-state index in [4.69, 9.17) is 9.15 Å². The molecule has 1 saturated carbocycles. The number of anilines is 3. The van der Waals surface area contributed by atoms with Crippen molar-refractivity contribution in [3.05, 3.63) is 69.9 Å². The number of methoxy groups -OCH3 is 1. The second kappa shape index (κ2) is 12.2. The minimum absolute atomic E-state index is 0.00479. The normalized spacial score (nSPS) is 17.0. The molecule has 1 fully saturated rings. The number of amides is 1. The van der Waals surface area contributed by atoms with Gasteiger partial charge in [0.25, 0.3) is 5.69 Å². The van der Waals surface area contributed by atoms with Crippen LogP contribution in [0.5, 0.6) is 0 Å². The summed E-state index contributed by atoms with van der Waals surface area (Å²) in [5.41, 5.74) is 1.01. The van der Waals surface area contributed by atoms with Crippen molar-refractivity contribution in [1.82, 2.24) is 10.2 Å². The molecule has 0 atom stereocenters. The highest BCUT2D eigenvalue weighted by atomic mass is 19.1. The Hall–Kier alpha value is -4.39. The van der Waals surface area contributed by atoms with E-state index in [2.05, 4.69) is 25.6 Å². The number of hydrogen-bond donors (Lipinski definition) is 2. The Morgan fingerprint density at radius 1 is 1.13 bits per heavy atom. The Morgan fingerprint density at radius 3 is 2.55 bits per heavy atom. The molecule has 12 nitrogen and oxygen atoms in total. The smallest absolute Gasteiger partial charge is 0.320 e. The molecule has 2 N–H and O–H groups in total. The van der Waals surface area contributed by atoms with Gasteiger partial charge in [-0.3, -0.25) is 19.7 Å². The number of hydrogen-bond acceptors (Lipinski definition) is 10. The first-order valence-corrected chi connectivity index (χ1v) is 12.0. The summed E-state index contributed by atoms with van der Waals surface area (Å²) >= 11 is 0. The van der Waals surface area contributed by atoms with Gasteiger partial charge in [0.15, 0.2) is 0 Å². The summed E-state index contributed by atoms with van der Waals surface area (Å²) in [5.74, 6) is -1.85. The van der Waals surface area contributed by atoms with Crippen LogP contribution in [-0.4, -0.2) is 46.8 Å². The number of aromatic nitrogens is 2. The van der Waals surface area contributed by atoms with Gasteiger partial charge in [-0.05, 0) is 67.5 Å². The lowest BCUT2D eigenvalue weighted by atomic mass is 9.82. The van der Waals surface area contributed by atoms with Crippen LogP contribution in [0.25, 0.3) is 0 Å². The Morgan fingerprint density at radius 2 is 1.87 bits per heavy atom. The van der Waals surface area contributed by atoms with Gasteiger partial charge in [-0.25, -0.2) is 4.39 Å². The van der Waals surface area contributed by atoms with Crippen LogP contribution in [0.15, 0.2) is 46.9 Å². The lowest BCUT2D eigenvalue weighted by molar-refractivity contribution is -0.384. The maximum absolute atomic E-state index is 13.1. The fraction of sp³-hybridized carbons (Fsp3) is 0.360. The van der Waals surface area contributed by atoms with Crippen molar-refractivity contribution in [2.24, 2.45) is 0 Å². The van der Waals surface area contributed by atoms with E-state index >= 15 is 0 Å². The molecule has 1 aromatic heterocycles. The minimum Gasteiger partial charge on any atom is -0.469 e. The second-order valence-electron chi connectivity index (χ2n) is 8.70. The monoisotopic (exact) mass is 527 g/mol. The van der Waals surface area contributed by atoms with Crippen LogP contribution >= 0.6 is 0 Å². The zero-order valence-electron chi connectivity index (χ0n) is 20.5. The highest BCUT2D eigenvalue weighted by molar-refractivity contribution is 6.02. The number of nitro groups is 1. The van der Waals surface area contributed by atoms with E-state index in [9.17, 15) is 24.1 Å². The number of halogens is 1. The molecule has 0 spiro atoms. The Kier molecular flexibility index (Phi) is 8.58. The summed E-state index contributed by atoms with van der Waals surface area (Å²) in [6.07, 6.45) is 3.31. The predicted octanol–water partition coefficient (Wildman–Crippen LogP) is 4.72. The first kappa shape index (κ1) is 26.7. The predicted molar refractivity (Wildman–Crippen MR) is 133 cm³/mol. The summed E-state index contributed by atoms with van der Waals surface area (Å²) in [6.45, 7) is 0.297. The van der Waals surface area contributed by atoms with Crippen molar-refractivity contribution in [2.45, 2.75) is 44.1 Å². The first-order valence-electron chi connectivity index (χ1n) is 12.0. The number of benzene rings is 2. The zero-order valence-corrected chi connectivity index (χ0v) is 20.5. The molecule has 0 radical (unpaired) electrons. The van der Waals surface area contributed by atoms with Crippen LogP contribution in [0.3, 0.4) is 0 Å². The molecule has 0 aliphatic heterocycles. The molecular weight excluding hydrogens is 501 g/mol. The molecule has 1 heterocycles. The molecule has 4 rings (SSSR count). The number of carbonyl (C=O) groups is 2. The third-order valence-electron chi connectivity index (χ3n) is 6.21. The number of carbonyl (C=O) groups excluding carboxylic acids is 2. The SMILES string of the molecule is COC(=O)CCO[C@H]1CC[C@H](c2ccc(NC(=O)c3nnc(Nc4ccc(F)cc4)o3)c([N+](=O)[O-])c2)CC1. The average molecular weight is 528 g/mol. The number of nitrogens with zero attached hydrogens (tertiary/aromatic N) is 3. The van der Waals surface area contributed by atoms with Crippen molar-refractivity contribution >= 4 is 35.0 Å². The maximum Gasteiger partial charge on any atom is 0.320 e. The van der Waals surface area contributed by atoms with Gasteiger partial charge in [-0.1, -0.05) is 11.2 Å². The number of nitrogens with one attached hydrogen (secondary N) is 2. The summed E-state index contributed by atoms with van der Waals surface area (Å²) in [4.78, 5) is 35.0. The number of rotatable bonds is 10. The average Bonchev–Trinajstić information content (AvgIpc) is 3.39. The second-order valence-corrected chi connectivity index (χ2v) is 8.70.